The summed E-state index contributed by atoms with van der Waals surface area (Å²) in [4.78, 5) is 16.3. The fourth-order valence-corrected chi connectivity index (χ4v) is 9.44. The van der Waals surface area contributed by atoms with Gasteiger partial charge in [0.25, 0.3) is 26.1 Å². The van der Waals surface area contributed by atoms with Crippen LogP contribution in [0.1, 0.15) is 40.9 Å². The maximum absolute atomic E-state index is 13.3. The molecule has 380 valence electrons. The molecule has 0 aliphatic carbocycles. The molecule has 0 fully saturated rings. The van der Waals surface area contributed by atoms with Crippen LogP contribution in [0.25, 0.3) is 21.5 Å². The van der Waals surface area contributed by atoms with Crippen molar-refractivity contribution < 1.29 is 55.5 Å². The molecule has 0 heterocycles. The molecule has 0 unspecified atom stereocenters. The number of benzene rings is 8. The maximum Gasteiger partial charge on any atom is 2.00 e. The average Bonchev–Trinajstić information content (AvgIpc) is 3.35. The third-order valence-corrected chi connectivity index (χ3v) is 13.9. The molecule has 4 N–H and O–H groups in total. The summed E-state index contributed by atoms with van der Waals surface area (Å²) in [5, 5.41) is 58.5. The van der Waals surface area contributed by atoms with Gasteiger partial charge >= 0.3 is 37.7 Å². The van der Waals surface area contributed by atoms with Gasteiger partial charge in [-0.25, -0.2) is 0 Å². The molecule has 18 nitrogen and oxygen atoms in total. The summed E-state index contributed by atoms with van der Waals surface area (Å²) in [5.41, 5.74) is 1.43. The van der Waals surface area contributed by atoms with Crippen LogP contribution in [0.2, 0.25) is 10.0 Å². The van der Waals surface area contributed by atoms with E-state index in [1.807, 2.05) is 13.8 Å². The summed E-state index contributed by atoms with van der Waals surface area (Å²) >= 11 is 12.2. The van der Waals surface area contributed by atoms with Crippen LogP contribution in [0.3, 0.4) is 0 Å². The number of carbonyl (C=O) groups is 1. The molecule has 0 atom stereocenters. The Labute approximate surface area is 470 Å². The zero-order valence-electron chi connectivity index (χ0n) is 40.1. The second-order valence-corrected chi connectivity index (χ2v) is 19.4. The number of phenols is 1. The number of anilines is 1. The van der Waals surface area contributed by atoms with E-state index in [0.29, 0.717) is 57.6 Å². The molecule has 0 aliphatic rings. The number of amides is 1. The summed E-state index contributed by atoms with van der Waals surface area (Å²) in [5.74, 6) is -1.25. The van der Waals surface area contributed by atoms with Crippen molar-refractivity contribution in [3.8, 4) is 23.0 Å². The molecule has 75 heavy (non-hydrogen) atoms. The topological polar surface area (TPSA) is 284 Å². The SMILES string of the molecule is CCOc1cccc(N=C([O-])c2cc3ccccc3c(N=Nc3ccc(S(=O)(=O)O)c(Cl)c3C)c2[O-])c1.CCOc1cccc(NC(=O)c2cc3ccccc3c(N=Nc3ccc(S(=O)(=O)O)c(Cl)c3C)c2O)c1.[Ca+2]. The van der Waals surface area contributed by atoms with Gasteiger partial charge in [0.05, 0.1) is 51.6 Å². The van der Waals surface area contributed by atoms with E-state index in [2.05, 4.69) is 30.8 Å². The van der Waals surface area contributed by atoms with Gasteiger partial charge < -0.3 is 30.1 Å². The van der Waals surface area contributed by atoms with E-state index in [0.717, 1.165) is 12.1 Å². The average molecular weight is 1120 g/mol. The first-order valence-corrected chi connectivity index (χ1v) is 25.7. The number of ether oxygens (including phenoxy) is 2. The van der Waals surface area contributed by atoms with Crippen LogP contribution >= 0.6 is 23.2 Å². The van der Waals surface area contributed by atoms with Crippen LogP contribution in [-0.2, 0) is 20.2 Å². The quantitative estimate of drug-likeness (QED) is 0.0260. The second-order valence-electron chi connectivity index (χ2n) is 15.8. The van der Waals surface area contributed by atoms with E-state index >= 15 is 0 Å². The van der Waals surface area contributed by atoms with Crippen molar-refractivity contribution in [1.82, 2.24) is 0 Å². The van der Waals surface area contributed by atoms with Gasteiger partial charge in [-0.15, -0.1) is 5.11 Å². The Balaban J connectivity index is 0.000000241. The second kappa shape index (κ2) is 24.7. The van der Waals surface area contributed by atoms with Crippen molar-refractivity contribution in [2.45, 2.75) is 37.5 Å². The Kier molecular flexibility index (Phi) is 19.0. The van der Waals surface area contributed by atoms with Gasteiger partial charge in [-0.1, -0.05) is 89.6 Å². The Morgan fingerprint density at radius 2 is 1.11 bits per heavy atom. The van der Waals surface area contributed by atoms with Crippen LogP contribution in [0.5, 0.6) is 23.0 Å². The first kappa shape index (κ1) is 57.6. The maximum atomic E-state index is 13.3. The number of aromatic hydroxyl groups is 1. The van der Waals surface area contributed by atoms with Crippen LogP contribution in [0.15, 0.2) is 169 Å². The molecule has 8 aromatic carbocycles. The molecule has 0 spiro atoms. The molecule has 0 bridgehead atoms. The fourth-order valence-electron chi connectivity index (χ4n) is 7.30. The normalized spacial score (nSPS) is 11.9. The third-order valence-electron chi connectivity index (χ3n) is 10.9. The number of aliphatic imine (C=N–C) groups is 1. The predicted molar refractivity (Wildman–Crippen MR) is 284 cm³/mol. The number of hydrogen-bond acceptors (Lipinski definition) is 15. The summed E-state index contributed by atoms with van der Waals surface area (Å²) in [6.07, 6.45) is 0. The van der Waals surface area contributed by atoms with E-state index in [-0.39, 0.29) is 98.5 Å². The molecule has 23 heteroatoms. The number of azo groups is 2. The van der Waals surface area contributed by atoms with E-state index in [1.54, 1.807) is 103 Å². The number of hydrogen-bond donors (Lipinski definition) is 4. The van der Waals surface area contributed by atoms with Gasteiger partial charge in [0.15, 0.2) is 5.75 Å². The van der Waals surface area contributed by atoms with Gasteiger partial charge in [-0.2, -0.15) is 32.2 Å². The molecular weight excluding hydrogens is 1080 g/mol. The zero-order chi connectivity index (χ0) is 53.5. The molecule has 8 aromatic rings. The fraction of sp³-hybridized carbons (Fsp3) is 0.115. The van der Waals surface area contributed by atoms with Crippen molar-refractivity contribution >= 4 is 149 Å². The largest absolute Gasteiger partial charge is 2.00 e. The number of nitrogens with zero attached hydrogens (tertiary/aromatic N) is 5. The summed E-state index contributed by atoms with van der Waals surface area (Å²) < 4.78 is 75.6. The molecule has 0 aliphatic heterocycles. The molecule has 0 saturated heterocycles. The number of fused-ring (bicyclic) bond motifs is 2. The van der Waals surface area contributed by atoms with Crippen LogP contribution in [-0.4, -0.2) is 93.8 Å². The summed E-state index contributed by atoms with van der Waals surface area (Å²) in [6, 6.07) is 35.2. The standard InChI is InChI=1S/2C26H22ClN3O6S.Ca/c2*1-3-36-18-9-6-8-17(14-18)28-26(32)20-13-16-7-4-5-10-19(16)24(25(20)31)30-29-21-11-12-22(37(33,34)35)23(27)15(21)2;/h2*4-14,31H,3H2,1-2H3,(H,28,32)(H,33,34,35);/q;;+2/p-2. The van der Waals surface area contributed by atoms with E-state index in [9.17, 15) is 46.1 Å². The summed E-state index contributed by atoms with van der Waals surface area (Å²) in [7, 11) is -9.05. The first-order valence-electron chi connectivity index (χ1n) is 22.1. The van der Waals surface area contributed by atoms with Crippen LogP contribution < -0.4 is 25.0 Å². The number of carbonyl (C=O) groups excluding carboxylic acids is 1. The Morgan fingerprint density at radius 1 is 0.627 bits per heavy atom. The number of halogens is 2. The Bertz CT molecular complexity index is 3830. The minimum absolute atomic E-state index is 0. The van der Waals surface area contributed by atoms with Crippen molar-refractivity contribution in [2.24, 2.45) is 25.4 Å². The van der Waals surface area contributed by atoms with E-state index in [4.69, 9.17) is 32.7 Å². The molecule has 0 saturated carbocycles. The van der Waals surface area contributed by atoms with Crippen molar-refractivity contribution in [1.29, 1.82) is 0 Å². The Morgan fingerprint density at radius 3 is 1.64 bits per heavy atom. The van der Waals surface area contributed by atoms with E-state index < -0.39 is 47.6 Å². The molecule has 8 rings (SSSR count). The van der Waals surface area contributed by atoms with Gasteiger partial charge in [0.2, 0.25) is 0 Å². The first-order chi connectivity index (χ1) is 35.2. The van der Waals surface area contributed by atoms with Crippen LogP contribution in [0.4, 0.5) is 34.1 Å². The molecule has 1 amide bonds. The monoisotopic (exact) mass is 1120 g/mol. The minimum atomic E-state index is -4.53. The van der Waals surface area contributed by atoms with Crippen molar-refractivity contribution in [3.63, 3.8) is 0 Å². The summed E-state index contributed by atoms with van der Waals surface area (Å²) in [6.45, 7) is 7.63. The zero-order valence-corrected chi connectivity index (χ0v) is 45.5. The predicted octanol–water partition coefficient (Wildman–Crippen LogP) is 11.8. The Hall–Kier alpha value is -6.72. The van der Waals surface area contributed by atoms with Gasteiger partial charge in [0, 0.05) is 28.6 Å². The number of phenolic OH excluding ortho intramolecular Hbond substituents is 1. The molecule has 0 radical (unpaired) electrons. The van der Waals surface area contributed by atoms with Gasteiger partial charge in [0.1, 0.15) is 27.0 Å². The van der Waals surface area contributed by atoms with Gasteiger partial charge in [-0.05, 0) is 122 Å². The minimum Gasteiger partial charge on any atom is -0.871 e. The number of rotatable bonds is 14. The van der Waals surface area contributed by atoms with Crippen molar-refractivity contribution in [3.05, 3.63) is 166 Å². The van der Waals surface area contributed by atoms with Gasteiger partial charge in [-0.3, -0.25) is 18.9 Å². The van der Waals surface area contributed by atoms with Crippen LogP contribution in [0, 0.1) is 13.8 Å². The number of nitrogens with one attached hydrogen (secondary N) is 1. The molecule has 0 aromatic heterocycles. The van der Waals surface area contributed by atoms with Crippen molar-refractivity contribution in [2.75, 3.05) is 18.5 Å². The molecular formula is C52H42CaCl2N6O12S2. The third kappa shape index (κ3) is 13.6. The smallest absolute Gasteiger partial charge is 0.871 e. The van der Waals surface area contributed by atoms with E-state index in [1.165, 1.54) is 32.0 Å².